The van der Waals surface area contributed by atoms with Crippen molar-refractivity contribution in [2.24, 2.45) is 0 Å². The number of aromatic nitrogens is 3. The summed E-state index contributed by atoms with van der Waals surface area (Å²) in [5, 5.41) is 18.4. The van der Waals surface area contributed by atoms with E-state index in [9.17, 15) is 5.11 Å². The van der Waals surface area contributed by atoms with Gasteiger partial charge in [0.1, 0.15) is 16.7 Å². The van der Waals surface area contributed by atoms with E-state index in [0.717, 1.165) is 11.0 Å². The molecule has 0 aliphatic rings. The monoisotopic (exact) mass is 339 g/mol. The van der Waals surface area contributed by atoms with Crippen LogP contribution in [0.4, 0.5) is 0 Å². The smallest absolute Gasteiger partial charge is 0.155 e. The number of rotatable bonds is 3. The topological polar surface area (TPSA) is 50.9 Å². The van der Waals surface area contributed by atoms with Crippen LogP contribution in [0.2, 0.25) is 0 Å². The summed E-state index contributed by atoms with van der Waals surface area (Å²) < 4.78 is 0.513. The van der Waals surface area contributed by atoms with Crippen LogP contribution in [0, 0.1) is 0 Å². The number of fused-ring (bicyclic) bond motifs is 1. The molecule has 2 rings (SSSR count). The second-order valence-electron chi connectivity index (χ2n) is 3.32. The van der Waals surface area contributed by atoms with Crippen LogP contribution in [-0.4, -0.2) is 20.1 Å². The van der Waals surface area contributed by atoms with Crippen molar-refractivity contribution in [2.75, 3.05) is 0 Å². The molecular weight excluding hydrogens is 329 g/mol. The predicted molar refractivity (Wildman–Crippen MR) is 76.7 cm³/mol. The number of hydrogen-bond acceptors (Lipinski definition) is 3. The van der Waals surface area contributed by atoms with Gasteiger partial charge in [-0.05, 0) is 40.8 Å². The predicted octanol–water partition coefficient (Wildman–Crippen LogP) is 3.29. The van der Waals surface area contributed by atoms with Crippen molar-refractivity contribution in [2.45, 2.75) is 0 Å². The second-order valence-corrected chi connectivity index (χ2v) is 4.62. The molecule has 0 bridgehead atoms. The Morgan fingerprint density at radius 3 is 2.24 bits per heavy atom. The zero-order valence-electron chi connectivity index (χ0n) is 8.97. The first kappa shape index (κ1) is 11.8. The Morgan fingerprint density at radius 2 is 1.82 bits per heavy atom. The summed E-state index contributed by atoms with van der Waals surface area (Å²) >= 11 is 1.93. The Balaban J connectivity index is 2.62. The quantitative estimate of drug-likeness (QED) is 0.530. The van der Waals surface area contributed by atoms with Crippen LogP contribution in [0.15, 0.2) is 52.8 Å². The SMILES string of the molecule is C=C/C(=C(/O)C(=C)I)n1nc2ccccc2n1. The first-order valence-corrected chi connectivity index (χ1v) is 5.94. The molecule has 0 radical (unpaired) electrons. The largest absolute Gasteiger partial charge is 0.505 e. The lowest BCUT2D eigenvalue weighted by molar-refractivity contribution is 0.429. The first-order valence-electron chi connectivity index (χ1n) is 4.86. The maximum absolute atomic E-state index is 9.87. The van der Waals surface area contributed by atoms with Crippen molar-refractivity contribution in [3.05, 3.63) is 52.8 Å². The van der Waals surface area contributed by atoms with E-state index >= 15 is 0 Å². The van der Waals surface area contributed by atoms with E-state index in [0.29, 0.717) is 9.28 Å². The van der Waals surface area contributed by atoms with Crippen molar-refractivity contribution < 1.29 is 5.11 Å². The van der Waals surface area contributed by atoms with E-state index in [1.165, 1.54) is 10.9 Å². The lowest BCUT2D eigenvalue weighted by Crippen LogP contribution is -2.02. The van der Waals surface area contributed by atoms with E-state index in [2.05, 4.69) is 23.4 Å². The van der Waals surface area contributed by atoms with E-state index in [1.54, 1.807) is 0 Å². The molecule has 0 atom stereocenters. The average Bonchev–Trinajstić information content (AvgIpc) is 2.72. The van der Waals surface area contributed by atoms with Gasteiger partial charge in [0.05, 0.1) is 0 Å². The van der Waals surface area contributed by atoms with Gasteiger partial charge in [0.25, 0.3) is 0 Å². The standard InChI is InChI=1S/C12H10IN3O/c1-3-11(12(17)8(2)13)16-14-9-6-4-5-7-10(9)15-16/h3-7,17H,1-2H2/b12-11-. The van der Waals surface area contributed by atoms with Gasteiger partial charge in [-0.2, -0.15) is 0 Å². The molecule has 1 N–H and O–H groups in total. The molecule has 1 aromatic heterocycles. The molecule has 0 fully saturated rings. The van der Waals surface area contributed by atoms with Crippen LogP contribution in [-0.2, 0) is 0 Å². The highest BCUT2D eigenvalue weighted by atomic mass is 127. The fourth-order valence-electron chi connectivity index (χ4n) is 1.38. The Bertz CT molecular complexity index is 594. The number of aliphatic hydroxyl groups is 1. The van der Waals surface area contributed by atoms with E-state index < -0.39 is 0 Å². The lowest BCUT2D eigenvalue weighted by Gasteiger charge is -2.03. The number of halogens is 1. The van der Waals surface area contributed by atoms with Crippen molar-refractivity contribution in [3.63, 3.8) is 0 Å². The van der Waals surface area contributed by atoms with Gasteiger partial charge in [0.15, 0.2) is 5.76 Å². The van der Waals surface area contributed by atoms with Crippen LogP contribution < -0.4 is 0 Å². The molecular formula is C12H10IN3O. The highest BCUT2D eigenvalue weighted by molar-refractivity contribution is 14.1. The molecule has 0 unspecified atom stereocenters. The number of benzene rings is 1. The third-order valence-corrected chi connectivity index (χ3v) is 2.71. The van der Waals surface area contributed by atoms with Gasteiger partial charge in [-0.25, -0.2) is 0 Å². The van der Waals surface area contributed by atoms with Gasteiger partial charge in [-0.3, -0.25) is 0 Å². The maximum atomic E-state index is 9.87. The number of aliphatic hydroxyl groups excluding tert-OH is 1. The molecule has 4 nitrogen and oxygen atoms in total. The Hall–Kier alpha value is -1.63. The molecule has 5 heteroatoms. The van der Waals surface area contributed by atoms with Gasteiger partial charge in [-0.15, -0.1) is 15.0 Å². The third kappa shape index (κ3) is 2.23. The summed E-state index contributed by atoms with van der Waals surface area (Å²) in [4.78, 5) is 1.36. The highest BCUT2D eigenvalue weighted by Gasteiger charge is 2.10. The summed E-state index contributed by atoms with van der Waals surface area (Å²) in [5.41, 5.74) is 1.94. The molecule has 1 heterocycles. The number of allylic oxidation sites excluding steroid dienone is 3. The van der Waals surface area contributed by atoms with Crippen molar-refractivity contribution in [1.29, 1.82) is 0 Å². The summed E-state index contributed by atoms with van der Waals surface area (Å²) in [6, 6.07) is 7.48. The third-order valence-electron chi connectivity index (χ3n) is 2.20. The van der Waals surface area contributed by atoms with Crippen LogP contribution >= 0.6 is 22.6 Å². The summed E-state index contributed by atoms with van der Waals surface area (Å²) in [6.07, 6.45) is 1.50. The molecule has 86 valence electrons. The molecule has 0 saturated carbocycles. The van der Waals surface area contributed by atoms with Gasteiger partial charge in [0.2, 0.25) is 0 Å². The highest BCUT2D eigenvalue weighted by Crippen LogP contribution is 2.20. The number of hydrogen-bond donors (Lipinski definition) is 1. The Kier molecular flexibility index (Phi) is 3.28. The molecule has 17 heavy (non-hydrogen) atoms. The molecule has 1 aromatic carbocycles. The Morgan fingerprint density at radius 1 is 1.29 bits per heavy atom. The summed E-state index contributed by atoms with van der Waals surface area (Å²) in [5.74, 6) is 0.0286. The van der Waals surface area contributed by atoms with Crippen molar-refractivity contribution in [3.8, 4) is 0 Å². The first-order chi connectivity index (χ1) is 8.13. The van der Waals surface area contributed by atoms with Crippen LogP contribution in [0.1, 0.15) is 0 Å². The van der Waals surface area contributed by atoms with E-state index in [4.69, 9.17) is 0 Å². The minimum Gasteiger partial charge on any atom is -0.505 e. The number of nitrogens with zero attached hydrogens (tertiary/aromatic N) is 3. The van der Waals surface area contributed by atoms with Crippen molar-refractivity contribution >= 4 is 39.3 Å². The fourth-order valence-corrected chi connectivity index (χ4v) is 1.66. The van der Waals surface area contributed by atoms with E-state index in [-0.39, 0.29) is 5.76 Å². The van der Waals surface area contributed by atoms with Gasteiger partial charge in [-0.1, -0.05) is 25.3 Å². The zero-order chi connectivity index (χ0) is 12.4. The minimum atomic E-state index is 0.0286. The van der Waals surface area contributed by atoms with Gasteiger partial charge < -0.3 is 5.11 Å². The minimum absolute atomic E-state index is 0.0286. The molecule has 2 aromatic rings. The lowest BCUT2D eigenvalue weighted by atomic mass is 10.3. The molecule has 0 spiro atoms. The van der Waals surface area contributed by atoms with Crippen molar-refractivity contribution in [1.82, 2.24) is 15.0 Å². The molecule has 0 aliphatic carbocycles. The summed E-state index contributed by atoms with van der Waals surface area (Å²) in [6.45, 7) is 7.31. The van der Waals surface area contributed by atoms with Crippen LogP contribution in [0.5, 0.6) is 0 Å². The summed E-state index contributed by atoms with van der Waals surface area (Å²) in [7, 11) is 0. The Labute approximate surface area is 112 Å². The van der Waals surface area contributed by atoms with Gasteiger partial charge in [0, 0.05) is 3.58 Å². The molecule has 0 amide bonds. The molecule has 0 aliphatic heterocycles. The van der Waals surface area contributed by atoms with Gasteiger partial charge >= 0.3 is 0 Å². The average molecular weight is 339 g/mol. The van der Waals surface area contributed by atoms with E-state index in [1.807, 2.05) is 46.9 Å². The second kappa shape index (κ2) is 4.70. The fraction of sp³-hybridized carbons (Fsp3) is 0. The normalized spacial score (nSPS) is 12.3. The van der Waals surface area contributed by atoms with Crippen LogP contribution in [0.3, 0.4) is 0 Å². The maximum Gasteiger partial charge on any atom is 0.155 e. The zero-order valence-corrected chi connectivity index (χ0v) is 11.1. The molecule has 0 saturated heterocycles. The van der Waals surface area contributed by atoms with Crippen LogP contribution in [0.25, 0.3) is 16.7 Å².